The van der Waals surface area contributed by atoms with Gasteiger partial charge in [-0.3, -0.25) is 0 Å². The zero-order chi connectivity index (χ0) is 20.7. The number of nitrogens with one attached hydrogen (secondary N) is 1. The van der Waals surface area contributed by atoms with Gasteiger partial charge in [0.15, 0.2) is 17.0 Å². The van der Waals surface area contributed by atoms with Gasteiger partial charge >= 0.3 is 6.03 Å². The van der Waals surface area contributed by atoms with Crippen molar-refractivity contribution in [2.75, 3.05) is 31.5 Å². The molecule has 2 saturated heterocycles. The van der Waals surface area contributed by atoms with Crippen molar-refractivity contribution >= 4 is 23.0 Å². The average molecular weight is 407 g/mol. The summed E-state index contributed by atoms with van der Waals surface area (Å²) < 4.78 is 2.05. The molecule has 5 rings (SSSR count). The SMILES string of the molecule is CCn1c(-c2cnc(C)nc2)nc2c(N[C@H]3CCN(C(=O)N4CCC4)C3)ncnc21. The standard InChI is InChI=1S/C20H25N9O/c1-3-29-18(14-9-21-13(2)22-10-14)26-16-17(23-12-24-19(16)29)25-15-5-8-28(11-15)20(30)27-6-4-7-27/h9-10,12,15H,3-8,11H2,1-2H3,(H,23,24,25)/t15-/m0/s1. The molecule has 0 radical (unpaired) electrons. The lowest BCUT2D eigenvalue weighted by atomic mass is 10.2. The van der Waals surface area contributed by atoms with Crippen molar-refractivity contribution in [3.8, 4) is 11.4 Å². The summed E-state index contributed by atoms with van der Waals surface area (Å²) in [5.74, 6) is 2.19. The molecule has 3 aromatic heterocycles. The topological polar surface area (TPSA) is 105 Å². The molecular formula is C20H25N9O. The minimum absolute atomic E-state index is 0.145. The van der Waals surface area contributed by atoms with Crippen LogP contribution >= 0.6 is 0 Å². The lowest BCUT2D eigenvalue weighted by Gasteiger charge is -2.34. The highest BCUT2D eigenvalue weighted by atomic mass is 16.2. The molecule has 0 unspecified atom stereocenters. The lowest BCUT2D eigenvalue weighted by molar-refractivity contribution is 0.135. The fourth-order valence-corrected chi connectivity index (χ4v) is 4.02. The maximum absolute atomic E-state index is 12.5. The van der Waals surface area contributed by atoms with Crippen LogP contribution in [0.1, 0.15) is 25.6 Å². The number of aromatic nitrogens is 6. The molecule has 10 heteroatoms. The predicted molar refractivity (Wildman–Crippen MR) is 112 cm³/mol. The van der Waals surface area contributed by atoms with E-state index in [4.69, 9.17) is 4.98 Å². The molecule has 0 saturated carbocycles. The van der Waals surface area contributed by atoms with Crippen LogP contribution in [0.15, 0.2) is 18.7 Å². The third kappa shape index (κ3) is 3.21. The Bertz CT molecular complexity index is 1070. The van der Waals surface area contributed by atoms with Gasteiger partial charge in [0.05, 0.1) is 5.56 Å². The van der Waals surface area contributed by atoms with Gasteiger partial charge in [0.25, 0.3) is 0 Å². The van der Waals surface area contributed by atoms with Gasteiger partial charge in [0, 0.05) is 51.2 Å². The summed E-state index contributed by atoms with van der Waals surface area (Å²) >= 11 is 0. The zero-order valence-corrected chi connectivity index (χ0v) is 17.2. The number of aryl methyl sites for hydroxylation is 2. The number of imidazole rings is 1. The van der Waals surface area contributed by atoms with E-state index in [1.165, 1.54) is 0 Å². The van der Waals surface area contributed by atoms with Crippen LogP contribution < -0.4 is 5.32 Å². The number of nitrogens with zero attached hydrogens (tertiary/aromatic N) is 8. The molecule has 0 aromatic carbocycles. The smallest absolute Gasteiger partial charge is 0.320 e. The minimum atomic E-state index is 0.145. The van der Waals surface area contributed by atoms with E-state index in [1.807, 2.05) is 21.3 Å². The fourth-order valence-electron chi connectivity index (χ4n) is 4.02. The average Bonchev–Trinajstić information content (AvgIpc) is 3.32. The lowest BCUT2D eigenvalue weighted by Crippen LogP contribution is -2.49. The Hall–Kier alpha value is -3.30. The Morgan fingerprint density at radius 3 is 2.63 bits per heavy atom. The molecule has 10 nitrogen and oxygen atoms in total. The van der Waals surface area contributed by atoms with Crippen molar-refractivity contribution in [2.45, 2.75) is 39.3 Å². The molecule has 0 aliphatic carbocycles. The Kier molecular flexibility index (Phi) is 4.68. The van der Waals surface area contributed by atoms with Crippen molar-refractivity contribution in [3.63, 3.8) is 0 Å². The molecule has 0 bridgehead atoms. The van der Waals surface area contributed by atoms with E-state index in [9.17, 15) is 4.79 Å². The number of urea groups is 1. The van der Waals surface area contributed by atoms with E-state index < -0.39 is 0 Å². The third-order valence-corrected chi connectivity index (χ3v) is 5.81. The van der Waals surface area contributed by atoms with Gasteiger partial charge < -0.3 is 19.7 Å². The van der Waals surface area contributed by atoms with E-state index >= 15 is 0 Å². The Morgan fingerprint density at radius 1 is 1.13 bits per heavy atom. The second kappa shape index (κ2) is 7.51. The highest BCUT2D eigenvalue weighted by Crippen LogP contribution is 2.27. The first-order chi connectivity index (χ1) is 14.6. The number of likely N-dealkylation sites (tertiary alicyclic amines) is 2. The number of amides is 2. The van der Waals surface area contributed by atoms with Crippen LogP contribution in [0.4, 0.5) is 10.6 Å². The number of hydrogen-bond acceptors (Lipinski definition) is 7. The number of carbonyl (C=O) groups excluding carboxylic acids is 1. The zero-order valence-electron chi connectivity index (χ0n) is 17.2. The normalized spacial score (nSPS) is 18.7. The molecule has 1 atom stereocenters. The van der Waals surface area contributed by atoms with Gasteiger partial charge in [0.1, 0.15) is 18.0 Å². The van der Waals surface area contributed by atoms with E-state index in [2.05, 4.69) is 32.2 Å². The highest BCUT2D eigenvalue weighted by molar-refractivity contribution is 5.86. The highest BCUT2D eigenvalue weighted by Gasteiger charge is 2.32. The summed E-state index contributed by atoms with van der Waals surface area (Å²) in [5, 5.41) is 3.50. The molecule has 0 spiro atoms. The van der Waals surface area contributed by atoms with Gasteiger partial charge in [-0.1, -0.05) is 0 Å². The molecule has 3 aromatic rings. The first-order valence-electron chi connectivity index (χ1n) is 10.4. The summed E-state index contributed by atoms with van der Waals surface area (Å²) in [4.78, 5) is 38.7. The maximum atomic E-state index is 12.5. The first kappa shape index (κ1) is 18.7. The van der Waals surface area contributed by atoms with Crippen LogP contribution in [0.2, 0.25) is 0 Å². The molecule has 2 aliphatic heterocycles. The van der Waals surface area contributed by atoms with E-state index in [0.29, 0.717) is 12.4 Å². The fraction of sp³-hybridized carbons (Fsp3) is 0.500. The molecule has 2 amide bonds. The van der Waals surface area contributed by atoms with E-state index in [1.54, 1.807) is 18.7 Å². The van der Waals surface area contributed by atoms with E-state index in [-0.39, 0.29) is 12.1 Å². The predicted octanol–water partition coefficient (Wildman–Crippen LogP) is 1.92. The van der Waals surface area contributed by atoms with Crippen molar-refractivity contribution in [1.82, 2.24) is 39.3 Å². The van der Waals surface area contributed by atoms with Crippen molar-refractivity contribution in [3.05, 3.63) is 24.5 Å². The molecule has 2 aliphatic rings. The van der Waals surface area contributed by atoms with Crippen LogP contribution in [0, 0.1) is 6.92 Å². The second-order valence-electron chi connectivity index (χ2n) is 7.79. The number of hydrogen-bond donors (Lipinski definition) is 1. The summed E-state index contributed by atoms with van der Waals surface area (Å²) in [5.41, 5.74) is 2.35. The Labute approximate surface area is 174 Å². The Morgan fingerprint density at radius 2 is 1.93 bits per heavy atom. The van der Waals surface area contributed by atoms with Gasteiger partial charge in [-0.15, -0.1) is 0 Å². The molecule has 2 fully saturated rings. The van der Waals surface area contributed by atoms with Crippen molar-refractivity contribution < 1.29 is 4.79 Å². The monoisotopic (exact) mass is 407 g/mol. The first-order valence-corrected chi connectivity index (χ1v) is 10.4. The van der Waals surface area contributed by atoms with Crippen LogP contribution in [0.5, 0.6) is 0 Å². The quantitative estimate of drug-likeness (QED) is 0.704. The summed E-state index contributed by atoms with van der Waals surface area (Å²) in [7, 11) is 0. The van der Waals surface area contributed by atoms with Crippen molar-refractivity contribution in [2.24, 2.45) is 0 Å². The summed E-state index contributed by atoms with van der Waals surface area (Å²) in [6.07, 6.45) is 7.12. The molecule has 156 valence electrons. The van der Waals surface area contributed by atoms with Gasteiger partial charge in [-0.25, -0.2) is 29.7 Å². The number of carbonyl (C=O) groups is 1. The summed E-state index contributed by atoms with van der Waals surface area (Å²) in [6.45, 7) is 7.82. The maximum Gasteiger partial charge on any atom is 0.320 e. The number of rotatable bonds is 4. The minimum Gasteiger partial charge on any atom is -0.364 e. The second-order valence-corrected chi connectivity index (χ2v) is 7.79. The van der Waals surface area contributed by atoms with Gasteiger partial charge in [-0.05, 0) is 26.7 Å². The van der Waals surface area contributed by atoms with Crippen LogP contribution in [-0.2, 0) is 6.54 Å². The summed E-state index contributed by atoms with van der Waals surface area (Å²) in [6, 6.07) is 0.293. The molecule has 5 heterocycles. The molecule has 1 N–H and O–H groups in total. The number of anilines is 1. The number of fused-ring (bicyclic) bond motifs is 1. The molecule has 30 heavy (non-hydrogen) atoms. The molecular weight excluding hydrogens is 382 g/mol. The Balaban J connectivity index is 1.41. The van der Waals surface area contributed by atoms with Crippen LogP contribution in [-0.4, -0.2) is 77.5 Å². The van der Waals surface area contributed by atoms with Gasteiger partial charge in [0.2, 0.25) is 0 Å². The van der Waals surface area contributed by atoms with Crippen LogP contribution in [0.3, 0.4) is 0 Å². The van der Waals surface area contributed by atoms with Crippen LogP contribution in [0.25, 0.3) is 22.6 Å². The van der Waals surface area contributed by atoms with Crippen molar-refractivity contribution in [1.29, 1.82) is 0 Å². The largest absolute Gasteiger partial charge is 0.364 e. The van der Waals surface area contributed by atoms with Gasteiger partial charge in [-0.2, -0.15) is 0 Å². The van der Waals surface area contributed by atoms with E-state index in [0.717, 1.165) is 67.4 Å². The third-order valence-electron chi connectivity index (χ3n) is 5.81.